The van der Waals surface area contributed by atoms with Crippen molar-refractivity contribution in [3.63, 3.8) is 0 Å². The number of furan rings is 2. The minimum Gasteiger partial charge on any atom is -0.463 e. The summed E-state index contributed by atoms with van der Waals surface area (Å²) in [7, 11) is 0. The van der Waals surface area contributed by atoms with E-state index in [-0.39, 0.29) is 5.60 Å². The van der Waals surface area contributed by atoms with Gasteiger partial charge in [0.25, 0.3) is 0 Å². The number of ether oxygens (including phenoxy) is 1. The molecule has 31 heavy (non-hydrogen) atoms. The summed E-state index contributed by atoms with van der Waals surface area (Å²) in [5.74, 6) is 0.695. The van der Waals surface area contributed by atoms with Crippen LogP contribution in [0.15, 0.2) is 62.3 Å². The molecular weight excluding hydrogens is 458 g/mol. The Morgan fingerprint density at radius 1 is 1.00 bits per heavy atom. The van der Waals surface area contributed by atoms with Gasteiger partial charge in [0.2, 0.25) is 5.71 Å². The molecule has 0 unspecified atom stereocenters. The zero-order chi connectivity index (χ0) is 21.2. The standard InChI is InChI=1S/C24H18BrN3O3/c1-24(2)10-15-16(11-30-24)20(17-4-3-9-29-17)28-23-18(15)21-22(31-23)19(26-12-27-21)13-5-7-14(25)8-6-13/h3-9,12H,10-11H2,1-2H3. The van der Waals surface area contributed by atoms with Crippen molar-refractivity contribution in [3.8, 4) is 22.7 Å². The second-order valence-electron chi connectivity index (χ2n) is 8.31. The lowest BCUT2D eigenvalue weighted by atomic mass is 9.88. The average molecular weight is 476 g/mol. The SMILES string of the molecule is CC1(C)Cc2c(c(-c3ccco3)nc3oc4c(-c5ccc(Br)cc5)ncnc4c23)CO1. The monoisotopic (exact) mass is 475 g/mol. The van der Waals surface area contributed by atoms with E-state index in [4.69, 9.17) is 18.6 Å². The third-order valence-corrected chi connectivity index (χ3v) is 6.23. The van der Waals surface area contributed by atoms with Crippen LogP contribution in [0.5, 0.6) is 0 Å². The summed E-state index contributed by atoms with van der Waals surface area (Å²) in [5.41, 5.74) is 6.27. The van der Waals surface area contributed by atoms with E-state index in [1.54, 1.807) is 12.6 Å². The van der Waals surface area contributed by atoms with Gasteiger partial charge in [-0.15, -0.1) is 0 Å². The van der Waals surface area contributed by atoms with Crippen LogP contribution < -0.4 is 0 Å². The highest BCUT2D eigenvalue weighted by atomic mass is 79.9. The molecule has 1 aromatic carbocycles. The maximum Gasteiger partial charge on any atom is 0.230 e. The average Bonchev–Trinajstić information content (AvgIpc) is 3.41. The lowest BCUT2D eigenvalue weighted by molar-refractivity contribution is -0.0395. The van der Waals surface area contributed by atoms with E-state index in [9.17, 15) is 0 Å². The van der Waals surface area contributed by atoms with E-state index in [1.807, 2.05) is 36.4 Å². The predicted octanol–water partition coefficient (Wildman–Crippen LogP) is 6.31. The molecule has 0 fully saturated rings. The van der Waals surface area contributed by atoms with Gasteiger partial charge in [0.1, 0.15) is 23.2 Å². The summed E-state index contributed by atoms with van der Waals surface area (Å²) in [6.07, 6.45) is 3.96. The molecule has 0 aliphatic carbocycles. The fourth-order valence-corrected chi connectivity index (χ4v) is 4.50. The number of hydrogen-bond acceptors (Lipinski definition) is 6. The van der Waals surface area contributed by atoms with Crippen LogP contribution in [0.3, 0.4) is 0 Å². The highest BCUT2D eigenvalue weighted by Gasteiger charge is 2.33. The minimum atomic E-state index is -0.299. The van der Waals surface area contributed by atoms with Gasteiger partial charge in [-0.1, -0.05) is 28.1 Å². The van der Waals surface area contributed by atoms with Gasteiger partial charge < -0.3 is 13.6 Å². The van der Waals surface area contributed by atoms with Crippen molar-refractivity contribution in [1.29, 1.82) is 0 Å². The Bertz CT molecular complexity index is 1440. The second-order valence-corrected chi connectivity index (χ2v) is 9.22. The first-order chi connectivity index (χ1) is 15.0. The molecule has 6 rings (SSSR count). The fourth-order valence-electron chi connectivity index (χ4n) is 4.24. The molecule has 7 heteroatoms. The Morgan fingerprint density at radius 3 is 2.61 bits per heavy atom. The van der Waals surface area contributed by atoms with Gasteiger partial charge >= 0.3 is 0 Å². The lowest BCUT2D eigenvalue weighted by Crippen LogP contribution is -2.32. The summed E-state index contributed by atoms with van der Waals surface area (Å²) >= 11 is 3.49. The molecule has 154 valence electrons. The Morgan fingerprint density at radius 2 is 1.84 bits per heavy atom. The van der Waals surface area contributed by atoms with E-state index in [0.29, 0.717) is 23.7 Å². The third kappa shape index (κ3) is 2.99. The second kappa shape index (κ2) is 6.73. The maximum absolute atomic E-state index is 6.31. The van der Waals surface area contributed by atoms with E-state index in [1.165, 1.54) is 0 Å². The molecule has 0 atom stereocenters. The summed E-state index contributed by atoms with van der Waals surface area (Å²) in [6, 6.07) is 11.8. The minimum absolute atomic E-state index is 0.299. The van der Waals surface area contributed by atoms with Crippen LogP contribution >= 0.6 is 15.9 Å². The highest BCUT2D eigenvalue weighted by molar-refractivity contribution is 9.10. The van der Waals surface area contributed by atoms with Gasteiger partial charge in [-0.3, -0.25) is 0 Å². The number of hydrogen-bond donors (Lipinski definition) is 0. The van der Waals surface area contributed by atoms with Crippen molar-refractivity contribution >= 4 is 38.1 Å². The number of nitrogens with zero attached hydrogens (tertiary/aromatic N) is 3. The molecule has 0 bridgehead atoms. The molecule has 1 aliphatic heterocycles. The maximum atomic E-state index is 6.31. The summed E-state index contributed by atoms with van der Waals surface area (Å²) in [6.45, 7) is 4.65. The number of fused-ring (bicyclic) bond motifs is 5. The van der Waals surface area contributed by atoms with Crippen LogP contribution in [-0.4, -0.2) is 20.6 Å². The van der Waals surface area contributed by atoms with Crippen molar-refractivity contribution in [2.24, 2.45) is 0 Å². The van der Waals surface area contributed by atoms with E-state index >= 15 is 0 Å². The Kier molecular flexibility index (Phi) is 4.07. The topological polar surface area (TPSA) is 74.2 Å². The first kappa shape index (κ1) is 18.7. The molecule has 0 amide bonds. The van der Waals surface area contributed by atoms with E-state index in [2.05, 4.69) is 39.7 Å². The van der Waals surface area contributed by atoms with Crippen molar-refractivity contribution < 1.29 is 13.6 Å². The van der Waals surface area contributed by atoms with Crippen molar-refractivity contribution in [2.75, 3.05) is 0 Å². The largest absolute Gasteiger partial charge is 0.463 e. The summed E-state index contributed by atoms with van der Waals surface area (Å²) in [5, 5.41) is 0.928. The zero-order valence-electron chi connectivity index (χ0n) is 17.0. The van der Waals surface area contributed by atoms with Crippen molar-refractivity contribution in [3.05, 3.63) is 64.6 Å². The quantitative estimate of drug-likeness (QED) is 0.297. The molecule has 4 aromatic heterocycles. The Balaban J connectivity index is 1.69. The molecular formula is C24H18BrN3O3. The fraction of sp³-hybridized carbons (Fsp3) is 0.208. The smallest absolute Gasteiger partial charge is 0.230 e. The van der Waals surface area contributed by atoms with Gasteiger partial charge in [0.05, 0.1) is 23.9 Å². The van der Waals surface area contributed by atoms with E-state index < -0.39 is 0 Å². The van der Waals surface area contributed by atoms with E-state index in [0.717, 1.165) is 49.9 Å². The number of rotatable bonds is 2. The molecule has 6 nitrogen and oxygen atoms in total. The summed E-state index contributed by atoms with van der Waals surface area (Å²) < 4.78 is 19.1. The number of pyridine rings is 1. The molecule has 5 heterocycles. The summed E-state index contributed by atoms with van der Waals surface area (Å²) in [4.78, 5) is 14.0. The molecule has 0 saturated carbocycles. The van der Waals surface area contributed by atoms with Crippen molar-refractivity contribution in [2.45, 2.75) is 32.5 Å². The molecule has 0 radical (unpaired) electrons. The van der Waals surface area contributed by atoms with Crippen LogP contribution in [0.4, 0.5) is 0 Å². The molecule has 1 aliphatic rings. The first-order valence-corrected chi connectivity index (χ1v) is 10.8. The van der Waals surface area contributed by atoms with Gasteiger partial charge in [0.15, 0.2) is 11.3 Å². The van der Waals surface area contributed by atoms with Crippen LogP contribution in [0.2, 0.25) is 0 Å². The molecule has 0 saturated heterocycles. The van der Waals surface area contributed by atoms with Crippen LogP contribution in [-0.2, 0) is 17.8 Å². The van der Waals surface area contributed by atoms with Gasteiger partial charge in [0, 0.05) is 22.0 Å². The Labute approximate surface area is 186 Å². The zero-order valence-corrected chi connectivity index (χ0v) is 18.6. The van der Waals surface area contributed by atoms with Crippen LogP contribution in [0.25, 0.3) is 44.9 Å². The third-order valence-electron chi connectivity index (χ3n) is 5.70. The van der Waals surface area contributed by atoms with Crippen LogP contribution in [0, 0.1) is 0 Å². The van der Waals surface area contributed by atoms with Crippen molar-refractivity contribution in [1.82, 2.24) is 15.0 Å². The molecule has 0 spiro atoms. The lowest BCUT2D eigenvalue weighted by Gasteiger charge is -2.32. The van der Waals surface area contributed by atoms with Crippen LogP contribution in [0.1, 0.15) is 25.0 Å². The van der Waals surface area contributed by atoms with Gasteiger partial charge in [-0.2, -0.15) is 0 Å². The van der Waals surface area contributed by atoms with Gasteiger partial charge in [-0.25, -0.2) is 15.0 Å². The highest BCUT2D eigenvalue weighted by Crippen LogP contribution is 2.42. The Hall–Kier alpha value is -3.03. The molecule has 5 aromatic rings. The predicted molar refractivity (Wildman–Crippen MR) is 121 cm³/mol. The first-order valence-electron chi connectivity index (χ1n) is 10.0. The number of aromatic nitrogens is 3. The number of halogens is 1. The normalized spacial score (nSPS) is 15.5. The molecule has 0 N–H and O–H groups in total. The number of benzene rings is 1. The van der Waals surface area contributed by atoms with Gasteiger partial charge in [-0.05, 0) is 43.7 Å².